The number of hydrogen-bond acceptors (Lipinski definition) is 4. The second-order valence-corrected chi connectivity index (χ2v) is 16.8. The third-order valence-corrected chi connectivity index (χ3v) is 13.4. The Hall–Kier alpha value is -6.43. The van der Waals surface area contributed by atoms with Crippen LogP contribution in [0.4, 0.5) is 34.1 Å². The molecule has 2 nitrogen and oxygen atoms in total. The Kier molecular flexibility index (Phi) is 8.29. The number of halogens is 1. The van der Waals surface area contributed by atoms with Crippen molar-refractivity contribution in [3.05, 3.63) is 205 Å². The van der Waals surface area contributed by atoms with Crippen molar-refractivity contribution in [3.63, 3.8) is 0 Å². The lowest BCUT2D eigenvalue weighted by Gasteiger charge is -2.27. The number of benzene rings is 9. The van der Waals surface area contributed by atoms with E-state index in [4.69, 9.17) is 11.6 Å². The molecule has 0 amide bonds. The standard InChI is InChI=1S/C52H33ClN2S2/c53-35-31-46(55(37-17-6-2-7-18-37)38-19-8-3-9-20-38)51-44-33-43(40-21-10-11-22-41(40)52(44)57-49(51)32-35)34-27-29-39(30-28-34)54(36-15-4-1-5-16-36)45-24-14-26-48-50(45)42-23-12-13-25-47(42)56-48/h1-33H. The predicted molar refractivity (Wildman–Crippen MR) is 250 cm³/mol. The van der Waals surface area contributed by atoms with Crippen LogP contribution in [0.15, 0.2) is 200 Å². The summed E-state index contributed by atoms with van der Waals surface area (Å²) < 4.78 is 5.01. The molecule has 9 aromatic carbocycles. The summed E-state index contributed by atoms with van der Waals surface area (Å²) >= 11 is 10.6. The van der Waals surface area contributed by atoms with Gasteiger partial charge in [0.1, 0.15) is 0 Å². The lowest BCUT2D eigenvalue weighted by molar-refractivity contribution is 1.30. The smallest absolute Gasteiger partial charge is 0.0569 e. The summed E-state index contributed by atoms with van der Waals surface area (Å²) in [6.07, 6.45) is 0. The van der Waals surface area contributed by atoms with E-state index >= 15 is 0 Å². The maximum Gasteiger partial charge on any atom is 0.0569 e. The summed E-state index contributed by atoms with van der Waals surface area (Å²) in [5.74, 6) is 0. The van der Waals surface area contributed by atoms with E-state index in [0.717, 1.165) is 38.2 Å². The van der Waals surface area contributed by atoms with E-state index in [-0.39, 0.29) is 0 Å². The minimum Gasteiger partial charge on any atom is -0.310 e. The highest BCUT2D eigenvalue weighted by molar-refractivity contribution is 7.27. The SMILES string of the molecule is Clc1cc(N(c2ccccc2)c2ccccc2)c2c(c1)sc1c3ccccc3c(-c3ccc(N(c4ccccc4)c4cccc5sc6ccccc6c45)cc3)cc12. The molecule has 2 heterocycles. The lowest BCUT2D eigenvalue weighted by atomic mass is 9.95. The first-order chi connectivity index (χ1) is 28.2. The van der Waals surface area contributed by atoms with Crippen molar-refractivity contribution in [3.8, 4) is 11.1 Å². The Balaban J connectivity index is 1.11. The number of thiophene rings is 2. The molecule has 0 spiro atoms. The molecular weight excluding hydrogens is 752 g/mol. The van der Waals surface area contributed by atoms with Crippen molar-refractivity contribution in [2.45, 2.75) is 0 Å². The molecular formula is C52H33ClN2S2. The Labute approximate surface area is 343 Å². The molecule has 11 aromatic rings. The topological polar surface area (TPSA) is 6.48 Å². The average Bonchev–Trinajstić information content (AvgIpc) is 3.84. The van der Waals surface area contributed by atoms with Gasteiger partial charge in [0.2, 0.25) is 0 Å². The van der Waals surface area contributed by atoms with Crippen LogP contribution < -0.4 is 9.80 Å². The molecule has 5 heteroatoms. The van der Waals surface area contributed by atoms with Gasteiger partial charge in [-0.3, -0.25) is 0 Å². The van der Waals surface area contributed by atoms with Crippen LogP contribution in [0.3, 0.4) is 0 Å². The van der Waals surface area contributed by atoms with Crippen LogP contribution in [-0.2, 0) is 0 Å². The van der Waals surface area contributed by atoms with Gasteiger partial charge in [0.15, 0.2) is 0 Å². The summed E-state index contributed by atoms with van der Waals surface area (Å²) in [7, 11) is 0. The molecule has 2 aromatic heterocycles. The molecule has 0 N–H and O–H groups in total. The number of para-hydroxylation sites is 3. The fraction of sp³-hybridized carbons (Fsp3) is 0. The summed E-state index contributed by atoms with van der Waals surface area (Å²) in [6, 6.07) is 71.9. The van der Waals surface area contributed by atoms with Crippen LogP contribution in [-0.4, -0.2) is 0 Å². The highest BCUT2D eigenvalue weighted by Crippen LogP contribution is 2.50. The fourth-order valence-corrected chi connectivity index (χ4v) is 11.1. The maximum atomic E-state index is 6.98. The van der Waals surface area contributed by atoms with Crippen LogP contribution in [0.2, 0.25) is 5.02 Å². The molecule has 0 atom stereocenters. The van der Waals surface area contributed by atoms with Gasteiger partial charge in [-0.2, -0.15) is 0 Å². The third kappa shape index (κ3) is 5.76. The van der Waals surface area contributed by atoms with Gasteiger partial charge in [-0.1, -0.05) is 127 Å². The average molecular weight is 785 g/mol. The Morgan fingerprint density at radius 1 is 0.351 bits per heavy atom. The van der Waals surface area contributed by atoms with E-state index < -0.39 is 0 Å². The highest BCUT2D eigenvalue weighted by Gasteiger charge is 2.23. The molecule has 0 saturated carbocycles. The molecule has 0 radical (unpaired) electrons. The Morgan fingerprint density at radius 2 is 0.877 bits per heavy atom. The number of anilines is 6. The molecule has 0 saturated heterocycles. The molecule has 0 aliphatic heterocycles. The molecule has 57 heavy (non-hydrogen) atoms. The predicted octanol–water partition coefficient (Wildman–Crippen LogP) is 16.8. The van der Waals surface area contributed by atoms with Gasteiger partial charge in [0, 0.05) is 73.5 Å². The van der Waals surface area contributed by atoms with Crippen LogP contribution >= 0.6 is 34.3 Å². The quantitative estimate of drug-likeness (QED) is 0.159. The van der Waals surface area contributed by atoms with Crippen LogP contribution in [0.5, 0.6) is 0 Å². The normalized spacial score (nSPS) is 11.6. The van der Waals surface area contributed by atoms with Crippen LogP contribution in [0.1, 0.15) is 0 Å². The van der Waals surface area contributed by atoms with Crippen molar-refractivity contribution >= 4 is 120 Å². The third-order valence-electron chi connectivity index (χ3n) is 10.9. The number of hydrogen-bond donors (Lipinski definition) is 0. The van der Waals surface area contributed by atoms with E-state index in [1.807, 2.05) is 22.7 Å². The van der Waals surface area contributed by atoms with E-state index in [1.165, 1.54) is 63.2 Å². The Morgan fingerprint density at radius 3 is 1.54 bits per heavy atom. The molecule has 0 bridgehead atoms. The zero-order chi connectivity index (χ0) is 37.9. The molecule has 270 valence electrons. The number of fused-ring (bicyclic) bond motifs is 8. The van der Waals surface area contributed by atoms with Gasteiger partial charge < -0.3 is 9.80 Å². The van der Waals surface area contributed by atoms with Gasteiger partial charge in [0.05, 0.1) is 11.4 Å². The van der Waals surface area contributed by atoms with Gasteiger partial charge >= 0.3 is 0 Å². The molecule has 11 rings (SSSR count). The molecule has 0 fully saturated rings. The highest BCUT2D eigenvalue weighted by atomic mass is 35.5. The zero-order valence-electron chi connectivity index (χ0n) is 30.6. The van der Waals surface area contributed by atoms with Crippen molar-refractivity contribution < 1.29 is 0 Å². The fourth-order valence-electron chi connectivity index (χ4n) is 8.41. The second-order valence-electron chi connectivity index (χ2n) is 14.2. The van der Waals surface area contributed by atoms with Crippen molar-refractivity contribution in [2.24, 2.45) is 0 Å². The first kappa shape index (κ1) is 33.9. The summed E-state index contributed by atoms with van der Waals surface area (Å²) in [6.45, 7) is 0. The maximum absolute atomic E-state index is 6.98. The number of rotatable bonds is 7. The monoisotopic (exact) mass is 784 g/mol. The zero-order valence-corrected chi connectivity index (χ0v) is 33.0. The van der Waals surface area contributed by atoms with E-state index in [9.17, 15) is 0 Å². The van der Waals surface area contributed by atoms with Crippen molar-refractivity contribution in [1.82, 2.24) is 0 Å². The minimum atomic E-state index is 0.718. The Bertz CT molecular complexity index is 3210. The van der Waals surface area contributed by atoms with Crippen LogP contribution in [0.25, 0.3) is 62.2 Å². The van der Waals surface area contributed by atoms with Crippen LogP contribution in [0, 0.1) is 0 Å². The molecule has 0 aliphatic carbocycles. The number of nitrogens with zero attached hydrogens (tertiary/aromatic N) is 2. The van der Waals surface area contributed by atoms with E-state index in [1.54, 1.807) is 0 Å². The van der Waals surface area contributed by atoms with E-state index in [2.05, 4.69) is 210 Å². The first-order valence-corrected chi connectivity index (χ1v) is 21.0. The molecule has 0 aliphatic rings. The van der Waals surface area contributed by atoms with Gasteiger partial charge in [-0.15, -0.1) is 22.7 Å². The minimum absolute atomic E-state index is 0.718. The van der Waals surface area contributed by atoms with Gasteiger partial charge in [-0.25, -0.2) is 0 Å². The van der Waals surface area contributed by atoms with Crippen molar-refractivity contribution in [2.75, 3.05) is 9.80 Å². The summed E-state index contributed by atoms with van der Waals surface area (Å²) in [5.41, 5.74) is 9.00. The summed E-state index contributed by atoms with van der Waals surface area (Å²) in [4.78, 5) is 4.73. The largest absolute Gasteiger partial charge is 0.310 e. The van der Waals surface area contributed by atoms with Gasteiger partial charge in [-0.05, 0) is 101 Å². The first-order valence-electron chi connectivity index (χ1n) is 19.0. The van der Waals surface area contributed by atoms with Crippen molar-refractivity contribution in [1.29, 1.82) is 0 Å². The van der Waals surface area contributed by atoms with Gasteiger partial charge in [0.25, 0.3) is 0 Å². The molecule has 0 unspecified atom stereocenters. The summed E-state index contributed by atoms with van der Waals surface area (Å²) in [5, 5.41) is 8.17. The second kappa shape index (κ2) is 13.9. The lowest BCUT2D eigenvalue weighted by Crippen LogP contribution is -2.10. The van der Waals surface area contributed by atoms with E-state index in [0.29, 0.717) is 0 Å².